The number of benzene rings is 1. The zero-order valence-corrected chi connectivity index (χ0v) is 11.0. The monoisotopic (exact) mass is 256 g/mol. The van der Waals surface area contributed by atoms with Crippen molar-refractivity contribution in [3.63, 3.8) is 0 Å². The first kappa shape index (κ1) is 14.7. The molecule has 0 heterocycles. The molecule has 4 nitrogen and oxygen atoms in total. The molecule has 0 aliphatic rings. The number of nitrogen functional groups attached to an aromatic ring is 1. The lowest BCUT2D eigenvalue weighted by Gasteiger charge is -2.26. The Balaban J connectivity index is 2.76. The molecule has 2 N–H and O–H groups in total. The van der Waals surface area contributed by atoms with Gasteiger partial charge in [-0.1, -0.05) is 6.07 Å². The number of nitrogens with zero attached hydrogens (tertiary/aromatic N) is 1. The van der Waals surface area contributed by atoms with Gasteiger partial charge in [0.05, 0.1) is 18.0 Å². The Hall–Kier alpha value is -1.33. The van der Waals surface area contributed by atoms with E-state index < -0.39 is 0 Å². The fraction of sp³-hybridized carbons (Fsp3) is 0.538. The Morgan fingerprint density at radius 2 is 1.89 bits per heavy atom. The predicted octanol–water partition coefficient (Wildman–Crippen LogP) is 1.90. The summed E-state index contributed by atoms with van der Waals surface area (Å²) in [4.78, 5) is 2.01. The standard InChI is InChI=1S/C13H21FN2O2/c1-17-9-4-7-16(8-10-18-2)12-6-3-5-11(14)13(12)15/h3,5-6H,4,7-10,15H2,1-2H3. The van der Waals surface area contributed by atoms with E-state index in [2.05, 4.69) is 0 Å². The van der Waals surface area contributed by atoms with Crippen LogP contribution in [0, 0.1) is 5.82 Å². The van der Waals surface area contributed by atoms with Crippen LogP contribution in [0.3, 0.4) is 0 Å². The highest BCUT2D eigenvalue weighted by molar-refractivity contribution is 5.68. The van der Waals surface area contributed by atoms with Gasteiger partial charge in [-0.25, -0.2) is 4.39 Å². The Kier molecular flexibility index (Phi) is 6.46. The Morgan fingerprint density at radius 1 is 1.17 bits per heavy atom. The third-order valence-corrected chi connectivity index (χ3v) is 2.71. The molecule has 0 saturated heterocycles. The number of nitrogens with two attached hydrogens (primary N) is 1. The molecule has 1 aromatic carbocycles. The van der Waals surface area contributed by atoms with Crippen molar-refractivity contribution in [1.82, 2.24) is 0 Å². The van der Waals surface area contributed by atoms with Crippen molar-refractivity contribution >= 4 is 11.4 Å². The molecule has 102 valence electrons. The van der Waals surface area contributed by atoms with Crippen LogP contribution in [0.4, 0.5) is 15.8 Å². The summed E-state index contributed by atoms with van der Waals surface area (Å²) in [7, 11) is 3.30. The number of anilines is 2. The van der Waals surface area contributed by atoms with E-state index in [0.29, 0.717) is 25.4 Å². The van der Waals surface area contributed by atoms with Gasteiger partial charge in [0.15, 0.2) is 0 Å². The Labute approximate surface area is 107 Å². The molecule has 1 rings (SSSR count). The second-order valence-corrected chi connectivity index (χ2v) is 4.00. The molecular weight excluding hydrogens is 235 g/mol. The topological polar surface area (TPSA) is 47.7 Å². The third kappa shape index (κ3) is 4.16. The van der Waals surface area contributed by atoms with E-state index in [9.17, 15) is 4.39 Å². The Bertz CT molecular complexity index is 361. The Morgan fingerprint density at radius 3 is 2.56 bits per heavy atom. The number of rotatable bonds is 8. The first-order valence-electron chi connectivity index (χ1n) is 5.97. The number of methoxy groups -OCH3 is 2. The van der Waals surface area contributed by atoms with Gasteiger partial charge in [0, 0.05) is 33.9 Å². The highest BCUT2D eigenvalue weighted by atomic mass is 19.1. The van der Waals surface area contributed by atoms with Crippen molar-refractivity contribution < 1.29 is 13.9 Å². The minimum Gasteiger partial charge on any atom is -0.395 e. The maximum atomic E-state index is 13.4. The third-order valence-electron chi connectivity index (χ3n) is 2.71. The summed E-state index contributed by atoms with van der Waals surface area (Å²) in [5.41, 5.74) is 6.67. The number of para-hydroxylation sites is 1. The summed E-state index contributed by atoms with van der Waals surface area (Å²) >= 11 is 0. The van der Waals surface area contributed by atoms with Gasteiger partial charge in [0.25, 0.3) is 0 Å². The molecule has 0 aliphatic heterocycles. The first-order chi connectivity index (χ1) is 8.70. The van der Waals surface area contributed by atoms with Gasteiger partial charge in [0.1, 0.15) is 5.82 Å². The van der Waals surface area contributed by atoms with Gasteiger partial charge in [-0.15, -0.1) is 0 Å². The number of hydrogen-bond donors (Lipinski definition) is 1. The van der Waals surface area contributed by atoms with E-state index in [-0.39, 0.29) is 11.5 Å². The van der Waals surface area contributed by atoms with Gasteiger partial charge in [-0.3, -0.25) is 0 Å². The molecule has 1 aromatic rings. The second kappa shape index (κ2) is 7.89. The lowest BCUT2D eigenvalue weighted by Crippen LogP contribution is -2.29. The summed E-state index contributed by atoms with van der Waals surface area (Å²) in [6.07, 6.45) is 0.857. The maximum Gasteiger partial charge on any atom is 0.148 e. The first-order valence-corrected chi connectivity index (χ1v) is 5.97. The lowest BCUT2D eigenvalue weighted by molar-refractivity contribution is 0.191. The molecule has 0 saturated carbocycles. The molecule has 0 radical (unpaired) electrons. The number of hydrogen-bond acceptors (Lipinski definition) is 4. The van der Waals surface area contributed by atoms with Crippen LogP contribution in [-0.2, 0) is 9.47 Å². The van der Waals surface area contributed by atoms with Crippen LogP contribution in [0.2, 0.25) is 0 Å². The summed E-state index contributed by atoms with van der Waals surface area (Å²) in [5, 5.41) is 0. The van der Waals surface area contributed by atoms with Crippen molar-refractivity contribution in [3.05, 3.63) is 24.0 Å². The molecule has 0 amide bonds. The number of ether oxygens (including phenoxy) is 2. The smallest absolute Gasteiger partial charge is 0.148 e. The normalized spacial score (nSPS) is 10.6. The average Bonchev–Trinajstić information content (AvgIpc) is 2.37. The van der Waals surface area contributed by atoms with Crippen LogP contribution >= 0.6 is 0 Å². The summed E-state index contributed by atoms with van der Waals surface area (Å²) in [5.74, 6) is -0.387. The van der Waals surface area contributed by atoms with Crippen LogP contribution in [0.25, 0.3) is 0 Å². The predicted molar refractivity (Wildman–Crippen MR) is 71.4 cm³/mol. The highest BCUT2D eigenvalue weighted by Gasteiger charge is 2.12. The van der Waals surface area contributed by atoms with Crippen LogP contribution in [0.5, 0.6) is 0 Å². The van der Waals surface area contributed by atoms with Crippen LogP contribution in [-0.4, -0.2) is 40.5 Å². The minimum absolute atomic E-state index is 0.186. The molecule has 0 aromatic heterocycles. The average molecular weight is 256 g/mol. The van der Waals surface area contributed by atoms with E-state index in [0.717, 1.165) is 13.0 Å². The van der Waals surface area contributed by atoms with Gasteiger partial charge < -0.3 is 20.1 Å². The van der Waals surface area contributed by atoms with Gasteiger partial charge in [-0.2, -0.15) is 0 Å². The molecule has 5 heteroatoms. The fourth-order valence-electron chi connectivity index (χ4n) is 1.76. The van der Waals surface area contributed by atoms with Crippen molar-refractivity contribution in [1.29, 1.82) is 0 Å². The van der Waals surface area contributed by atoms with Gasteiger partial charge >= 0.3 is 0 Å². The molecule has 0 fully saturated rings. The molecule has 0 spiro atoms. The zero-order chi connectivity index (χ0) is 13.4. The molecule has 0 aliphatic carbocycles. The van der Waals surface area contributed by atoms with E-state index in [1.807, 2.05) is 11.0 Å². The molecule has 18 heavy (non-hydrogen) atoms. The fourth-order valence-corrected chi connectivity index (χ4v) is 1.76. The van der Waals surface area contributed by atoms with Crippen molar-refractivity contribution in [3.8, 4) is 0 Å². The summed E-state index contributed by atoms with van der Waals surface area (Å²) < 4.78 is 23.5. The van der Waals surface area contributed by atoms with Crippen LogP contribution in [0.15, 0.2) is 18.2 Å². The van der Waals surface area contributed by atoms with E-state index in [1.165, 1.54) is 6.07 Å². The van der Waals surface area contributed by atoms with E-state index in [1.54, 1.807) is 20.3 Å². The molecule has 0 unspecified atom stereocenters. The summed E-state index contributed by atoms with van der Waals surface area (Å²) in [6.45, 7) is 2.67. The SMILES string of the molecule is COCCCN(CCOC)c1cccc(F)c1N. The lowest BCUT2D eigenvalue weighted by atomic mass is 10.2. The largest absolute Gasteiger partial charge is 0.395 e. The van der Waals surface area contributed by atoms with Crippen molar-refractivity contribution in [2.24, 2.45) is 0 Å². The zero-order valence-electron chi connectivity index (χ0n) is 11.0. The quantitative estimate of drug-likeness (QED) is 0.570. The molecule has 0 atom stereocenters. The van der Waals surface area contributed by atoms with Crippen LogP contribution < -0.4 is 10.6 Å². The number of halogens is 1. The minimum atomic E-state index is -0.387. The van der Waals surface area contributed by atoms with Gasteiger partial charge in [0.2, 0.25) is 0 Å². The van der Waals surface area contributed by atoms with E-state index >= 15 is 0 Å². The van der Waals surface area contributed by atoms with Crippen molar-refractivity contribution in [2.75, 3.05) is 51.2 Å². The molecule has 0 bridgehead atoms. The molecular formula is C13H21FN2O2. The summed E-state index contributed by atoms with van der Waals surface area (Å²) in [6, 6.07) is 4.85. The second-order valence-electron chi connectivity index (χ2n) is 4.00. The highest BCUT2D eigenvalue weighted by Crippen LogP contribution is 2.25. The van der Waals surface area contributed by atoms with Crippen LogP contribution in [0.1, 0.15) is 6.42 Å². The van der Waals surface area contributed by atoms with E-state index in [4.69, 9.17) is 15.2 Å². The van der Waals surface area contributed by atoms with Gasteiger partial charge in [-0.05, 0) is 18.6 Å². The van der Waals surface area contributed by atoms with Crippen molar-refractivity contribution in [2.45, 2.75) is 6.42 Å². The maximum absolute atomic E-state index is 13.4.